The maximum absolute atomic E-state index is 16.2. The molecule has 0 aromatic heterocycles. The highest BCUT2D eigenvalue weighted by molar-refractivity contribution is 6.34. The topological polar surface area (TPSA) is 104 Å². The molecule has 1 aliphatic heterocycles. The SMILES string of the molecule is COc1ccc(C#N)c(-c2c(Cl)c(F)cc3c2C(COCc2ccccc2)C(CC(OC(N)=O)C(C)(C)C)(c2ccccc2)O3)c1F. The van der Waals surface area contributed by atoms with Gasteiger partial charge in [0.1, 0.15) is 23.3 Å². The molecule has 3 atom stereocenters. The maximum Gasteiger partial charge on any atom is 0.404 e. The molecule has 5 rings (SSSR count). The predicted molar refractivity (Wildman–Crippen MR) is 174 cm³/mol. The zero-order valence-electron chi connectivity index (χ0n) is 26.5. The Labute approximate surface area is 277 Å². The van der Waals surface area contributed by atoms with Gasteiger partial charge in [-0.2, -0.15) is 5.26 Å². The monoisotopic (exact) mass is 660 g/mol. The van der Waals surface area contributed by atoms with E-state index in [1.165, 1.54) is 19.2 Å². The molecule has 0 saturated carbocycles. The third-order valence-electron chi connectivity index (χ3n) is 8.49. The van der Waals surface area contributed by atoms with Crippen LogP contribution >= 0.6 is 11.6 Å². The number of carbonyl (C=O) groups is 1. The molecule has 10 heteroatoms. The van der Waals surface area contributed by atoms with E-state index in [-0.39, 0.29) is 47.8 Å². The first-order valence-corrected chi connectivity index (χ1v) is 15.4. The van der Waals surface area contributed by atoms with Gasteiger partial charge in [0.05, 0.1) is 42.9 Å². The van der Waals surface area contributed by atoms with Crippen LogP contribution in [-0.4, -0.2) is 25.9 Å². The van der Waals surface area contributed by atoms with Gasteiger partial charge in [-0.15, -0.1) is 0 Å². The summed E-state index contributed by atoms with van der Waals surface area (Å²) in [5.74, 6) is -2.61. The minimum absolute atomic E-state index is 0.00728. The Morgan fingerprint density at radius 3 is 2.32 bits per heavy atom. The molecule has 3 unspecified atom stereocenters. The van der Waals surface area contributed by atoms with E-state index < -0.39 is 45.8 Å². The number of nitrogens with zero attached hydrogens (tertiary/aromatic N) is 1. The summed E-state index contributed by atoms with van der Waals surface area (Å²) in [5.41, 5.74) is 5.12. The first-order chi connectivity index (χ1) is 22.4. The van der Waals surface area contributed by atoms with Crippen LogP contribution in [0.2, 0.25) is 5.02 Å². The third kappa shape index (κ3) is 6.62. The van der Waals surface area contributed by atoms with Crippen molar-refractivity contribution in [1.82, 2.24) is 0 Å². The van der Waals surface area contributed by atoms with Crippen molar-refractivity contribution in [3.63, 3.8) is 0 Å². The van der Waals surface area contributed by atoms with Crippen LogP contribution in [0.1, 0.15) is 55.4 Å². The second kappa shape index (κ2) is 13.6. The van der Waals surface area contributed by atoms with Crippen LogP contribution in [0.25, 0.3) is 11.1 Å². The average Bonchev–Trinajstić information content (AvgIpc) is 3.35. The van der Waals surface area contributed by atoms with Crippen molar-refractivity contribution >= 4 is 17.7 Å². The van der Waals surface area contributed by atoms with E-state index in [4.69, 9.17) is 36.3 Å². The summed E-state index contributed by atoms with van der Waals surface area (Å²) in [5, 5.41) is 9.68. The van der Waals surface area contributed by atoms with Crippen LogP contribution < -0.4 is 15.2 Å². The zero-order chi connectivity index (χ0) is 33.9. The van der Waals surface area contributed by atoms with E-state index in [1.807, 2.05) is 87.5 Å². The predicted octanol–water partition coefficient (Wildman–Crippen LogP) is 8.65. The van der Waals surface area contributed by atoms with Crippen molar-refractivity contribution < 1.29 is 32.5 Å². The first-order valence-electron chi connectivity index (χ1n) is 15.0. The number of carbonyl (C=O) groups excluding carboxylic acids is 1. The van der Waals surface area contributed by atoms with Crippen molar-refractivity contribution in [2.45, 2.75) is 51.4 Å². The standard InChI is InChI=1S/C37H35ClF2N2O5/c1-36(2,3)29(46-35(42)43)18-37(24-13-9-6-10-14-24)25(21-45-20-22-11-7-5-8-12-22)31-28(47-37)17-26(39)33(38)32(31)30-23(19-41)15-16-27(44-4)34(30)40/h5-17,25,29H,18,20-21H2,1-4H3,(H2,42,43). The van der Waals surface area contributed by atoms with Gasteiger partial charge in [0.25, 0.3) is 0 Å². The number of halogens is 3. The molecule has 47 heavy (non-hydrogen) atoms. The van der Waals surface area contributed by atoms with Gasteiger partial charge in [0.15, 0.2) is 11.6 Å². The number of ether oxygens (including phenoxy) is 4. The van der Waals surface area contributed by atoms with Crippen LogP contribution in [0.5, 0.6) is 11.5 Å². The van der Waals surface area contributed by atoms with Gasteiger partial charge in [-0.1, -0.05) is 93.0 Å². The second-order valence-electron chi connectivity index (χ2n) is 12.5. The number of hydrogen-bond donors (Lipinski definition) is 1. The Balaban J connectivity index is 1.80. The minimum Gasteiger partial charge on any atom is -0.494 e. The second-order valence-corrected chi connectivity index (χ2v) is 12.9. The lowest BCUT2D eigenvalue weighted by molar-refractivity contribution is -0.0537. The summed E-state index contributed by atoms with van der Waals surface area (Å²) in [6, 6.07) is 24.6. The maximum atomic E-state index is 16.2. The highest BCUT2D eigenvalue weighted by atomic mass is 35.5. The number of benzene rings is 4. The van der Waals surface area contributed by atoms with Crippen molar-refractivity contribution in [3.8, 4) is 28.7 Å². The number of hydrogen-bond acceptors (Lipinski definition) is 6. The van der Waals surface area contributed by atoms with Gasteiger partial charge in [0.2, 0.25) is 0 Å². The normalized spacial score (nSPS) is 17.7. The van der Waals surface area contributed by atoms with Gasteiger partial charge in [-0.25, -0.2) is 13.6 Å². The number of nitrogens with two attached hydrogens (primary N) is 1. The molecular formula is C37H35ClF2N2O5. The summed E-state index contributed by atoms with van der Waals surface area (Å²) >= 11 is 6.72. The molecule has 0 bridgehead atoms. The fourth-order valence-electron chi connectivity index (χ4n) is 6.15. The number of fused-ring (bicyclic) bond motifs is 1. The molecule has 7 nitrogen and oxygen atoms in total. The van der Waals surface area contributed by atoms with Gasteiger partial charge in [-0.05, 0) is 28.7 Å². The number of rotatable bonds is 10. The number of methoxy groups -OCH3 is 1. The molecule has 1 amide bonds. The minimum atomic E-state index is -1.36. The summed E-state index contributed by atoms with van der Waals surface area (Å²) in [6.07, 6.45) is -1.70. The Kier molecular flexibility index (Phi) is 9.76. The summed E-state index contributed by atoms with van der Waals surface area (Å²) in [7, 11) is 1.29. The van der Waals surface area contributed by atoms with Crippen molar-refractivity contribution in [2.75, 3.05) is 13.7 Å². The number of primary amides is 1. The van der Waals surface area contributed by atoms with Crippen LogP contribution in [0.4, 0.5) is 13.6 Å². The molecule has 1 aliphatic rings. The smallest absolute Gasteiger partial charge is 0.404 e. The fraction of sp³-hybridized carbons (Fsp3) is 0.297. The highest BCUT2D eigenvalue weighted by Gasteiger charge is 2.55. The number of nitriles is 1. The van der Waals surface area contributed by atoms with Gasteiger partial charge >= 0.3 is 6.09 Å². The van der Waals surface area contributed by atoms with Gasteiger partial charge < -0.3 is 24.7 Å². The zero-order valence-corrected chi connectivity index (χ0v) is 27.2. The van der Waals surface area contributed by atoms with E-state index in [0.29, 0.717) is 11.1 Å². The van der Waals surface area contributed by atoms with Crippen LogP contribution in [-0.2, 0) is 21.7 Å². The van der Waals surface area contributed by atoms with Crippen LogP contribution in [0.15, 0.2) is 78.9 Å². The van der Waals surface area contributed by atoms with Crippen molar-refractivity contribution in [3.05, 3.63) is 118 Å². The Morgan fingerprint density at radius 2 is 1.72 bits per heavy atom. The van der Waals surface area contributed by atoms with Gasteiger partial charge in [-0.3, -0.25) is 0 Å². The van der Waals surface area contributed by atoms with E-state index in [1.54, 1.807) is 0 Å². The van der Waals surface area contributed by atoms with E-state index in [9.17, 15) is 10.1 Å². The quantitative estimate of drug-likeness (QED) is 0.183. The fourth-order valence-corrected chi connectivity index (χ4v) is 6.40. The van der Waals surface area contributed by atoms with E-state index in [0.717, 1.165) is 11.6 Å². The molecular weight excluding hydrogens is 626 g/mol. The first kappa shape index (κ1) is 33.7. The summed E-state index contributed by atoms with van der Waals surface area (Å²) < 4.78 is 56.1. The Morgan fingerprint density at radius 1 is 1.06 bits per heavy atom. The lowest BCUT2D eigenvalue weighted by Gasteiger charge is -2.41. The molecule has 2 N–H and O–H groups in total. The van der Waals surface area contributed by atoms with Crippen molar-refractivity contribution in [2.24, 2.45) is 11.1 Å². The largest absolute Gasteiger partial charge is 0.494 e. The number of amides is 1. The van der Waals surface area contributed by atoms with Crippen LogP contribution in [0, 0.1) is 28.4 Å². The van der Waals surface area contributed by atoms with E-state index in [2.05, 4.69) is 0 Å². The molecule has 1 heterocycles. The lowest BCUT2D eigenvalue weighted by atomic mass is 9.71. The van der Waals surface area contributed by atoms with E-state index >= 15 is 8.78 Å². The molecule has 0 saturated heterocycles. The molecule has 0 spiro atoms. The summed E-state index contributed by atoms with van der Waals surface area (Å²) in [4.78, 5) is 12.2. The molecule has 0 aliphatic carbocycles. The average molecular weight is 661 g/mol. The molecule has 0 radical (unpaired) electrons. The van der Waals surface area contributed by atoms with Gasteiger partial charge in [0, 0.05) is 29.2 Å². The highest BCUT2D eigenvalue weighted by Crippen LogP contribution is 2.59. The molecule has 0 fully saturated rings. The van der Waals surface area contributed by atoms with Crippen molar-refractivity contribution in [1.29, 1.82) is 5.26 Å². The Hall–Kier alpha value is -4.65. The molecule has 244 valence electrons. The summed E-state index contributed by atoms with van der Waals surface area (Å²) in [6.45, 7) is 5.91. The molecule has 4 aromatic carbocycles. The lowest BCUT2D eigenvalue weighted by Crippen LogP contribution is -2.45. The Bertz CT molecular complexity index is 1810. The van der Waals surface area contributed by atoms with Crippen LogP contribution in [0.3, 0.4) is 0 Å². The molecule has 4 aromatic rings. The third-order valence-corrected chi connectivity index (χ3v) is 8.86.